The van der Waals surface area contributed by atoms with Gasteiger partial charge in [-0.3, -0.25) is 14.2 Å². The van der Waals surface area contributed by atoms with E-state index in [1.54, 1.807) is 27.8 Å². The Hall–Kier alpha value is -2.94. The van der Waals surface area contributed by atoms with E-state index in [4.69, 9.17) is 4.74 Å². The smallest absolute Gasteiger partial charge is 0.338 e. The second-order valence-electron chi connectivity index (χ2n) is 11.7. The van der Waals surface area contributed by atoms with Gasteiger partial charge in [-0.05, 0) is 71.2 Å². The van der Waals surface area contributed by atoms with Gasteiger partial charge in [-0.15, -0.1) is 22.7 Å². The first-order chi connectivity index (χ1) is 19.1. The van der Waals surface area contributed by atoms with Gasteiger partial charge in [0.15, 0.2) is 6.61 Å². The summed E-state index contributed by atoms with van der Waals surface area (Å²) in [4.78, 5) is 28.0. The fourth-order valence-electron chi connectivity index (χ4n) is 6.15. The largest absolute Gasteiger partial charge is 0.452 e. The molecule has 1 saturated heterocycles. The van der Waals surface area contributed by atoms with Gasteiger partial charge in [-0.1, -0.05) is 32.9 Å². The monoisotopic (exact) mass is 637 g/mol. The number of rotatable bonds is 9. The first-order valence-corrected chi connectivity index (χ1v) is 17.6. The first-order valence-electron chi connectivity index (χ1n) is 12.9. The van der Waals surface area contributed by atoms with Crippen molar-refractivity contribution < 1.29 is 31.2 Å². The average Bonchev–Trinajstić information content (AvgIpc) is 3.62. The third-order valence-electron chi connectivity index (χ3n) is 7.25. The summed E-state index contributed by atoms with van der Waals surface area (Å²) in [6.45, 7) is 6.71. The summed E-state index contributed by atoms with van der Waals surface area (Å²) in [5, 5.41) is 3.21. The van der Waals surface area contributed by atoms with Crippen LogP contribution >= 0.6 is 22.7 Å². The maximum absolute atomic E-state index is 13.1. The van der Waals surface area contributed by atoms with Gasteiger partial charge in [0.1, 0.15) is 8.42 Å². The minimum Gasteiger partial charge on any atom is -0.452 e. The minimum atomic E-state index is -4.00. The number of anilines is 2. The highest BCUT2D eigenvalue weighted by atomic mass is 32.3. The summed E-state index contributed by atoms with van der Waals surface area (Å²) in [6, 6.07) is 9.85. The number of nitrogens with zero attached hydrogens (tertiary/aromatic N) is 1. The molecule has 10 nitrogen and oxygen atoms in total. The first kappa shape index (κ1) is 29.5. The third-order valence-corrected chi connectivity index (χ3v) is 12.8. The summed E-state index contributed by atoms with van der Waals surface area (Å²) in [5.41, 5.74) is -0.0820. The van der Waals surface area contributed by atoms with Crippen molar-refractivity contribution in [3.8, 4) is 0 Å². The van der Waals surface area contributed by atoms with E-state index < -0.39 is 32.6 Å². The molecule has 14 heteroatoms. The van der Waals surface area contributed by atoms with Crippen molar-refractivity contribution in [1.82, 2.24) is 4.90 Å². The maximum Gasteiger partial charge on any atom is 0.338 e. The van der Waals surface area contributed by atoms with Gasteiger partial charge in [0.2, 0.25) is 0 Å². The summed E-state index contributed by atoms with van der Waals surface area (Å²) in [7, 11) is -7.99. The van der Waals surface area contributed by atoms with E-state index in [2.05, 4.69) is 30.2 Å². The van der Waals surface area contributed by atoms with E-state index >= 15 is 0 Å². The molecule has 2 unspecified atom stereocenters. The molecular formula is C27H31N3O7S4. The van der Waals surface area contributed by atoms with Crippen molar-refractivity contribution in [2.75, 3.05) is 22.6 Å². The van der Waals surface area contributed by atoms with Crippen molar-refractivity contribution >= 4 is 66.0 Å². The predicted molar refractivity (Wildman–Crippen MR) is 158 cm³/mol. The van der Waals surface area contributed by atoms with Crippen molar-refractivity contribution in [2.24, 2.45) is 10.8 Å². The number of hydrogen-bond donors (Lipinski definition) is 2. The SMILES string of the molecule is CC1(C)CC2CC(C)(CN2C(=O)COC(=O)c2cc(NS(=O)(=O)c3cccs3)cc(NS(=O)(=O)c3cccs3)c2)C1. The topological polar surface area (TPSA) is 139 Å². The Morgan fingerprint density at radius 3 is 2.00 bits per heavy atom. The lowest BCUT2D eigenvalue weighted by Crippen LogP contribution is -2.39. The van der Waals surface area contributed by atoms with E-state index in [1.165, 1.54) is 30.3 Å². The number of carbonyl (C=O) groups excluding carboxylic acids is 2. The van der Waals surface area contributed by atoms with Crippen LogP contribution in [-0.4, -0.2) is 52.8 Å². The van der Waals surface area contributed by atoms with Gasteiger partial charge < -0.3 is 9.64 Å². The molecule has 2 atom stereocenters. The van der Waals surface area contributed by atoms with Gasteiger partial charge in [0, 0.05) is 12.6 Å². The number of esters is 1. The summed E-state index contributed by atoms with van der Waals surface area (Å²) in [5.74, 6) is -1.18. The molecule has 2 aromatic heterocycles. The number of nitrogens with one attached hydrogen (secondary N) is 2. The highest BCUT2D eigenvalue weighted by molar-refractivity contribution is 7.95. The minimum absolute atomic E-state index is 0.0226. The Kier molecular flexibility index (Phi) is 7.72. The third kappa shape index (κ3) is 6.60. The lowest BCUT2D eigenvalue weighted by atomic mass is 9.65. The van der Waals surface area contributed by atoms with Crippen LogP contribution in [0, 0.1) is 10.8 Å². The van der Waals surface area contributed by atoms with Crippen molar-refractivity contribution in [1.29, 1.82) is 0 Å². The maximum atomic E-state index is 13.1. The molecular weight excluding hydrogens is 607 g/mol. The van der Waals surface area contributed by atoms with Crippen molar-refractivity contribution in [3.05, 3.63) is 58.8 Å². The van der Waals surface area contributed by atoms with Crippen LogP contribution in [0.15, 0.2) is 61.6 Å². The van der Waals surface area contributed by atoms with Crippen molar-refractivity contribution in [2.45, 2.75) is 54.5 Å². The molecule has 0 radical (unpaired) electrons. The van der Waals surface area contributed by atoms with Gasteiger partial charge >= 0.3 is 5.97 Å². The molecule has 2 aliphatic rings. The van der Waals surface area contributed by atoms with E-state index in [0.717, 1.165) is 41.9 Å². The molecule has 1 aliphatic heterocycles. The Balaban J connectivity index is 1.36. The van der Waals surface area contributed by atoms with E-state index in [1.807, 2.05) is 0 Å². The molecule has 1 saturated carbocycles. The number of carbonyl (C=O) groups is 2. The molecule has 2 N–H and O–H groups in total. The lowest BCUT2D eigenvalue weighted by Gasteiger charge is -2.39. The second kappa shape index (κ2) is 10.7. The fourth-order valence-corrected chi connectivity index (χ4v) is 10.2. The van der Waals surface area contributed by atoms with E-state index in [0.29, 0.717) is 6.54 Å². The Labute approximate surface area is 247 Å². The van der Waals surface area contributed by atoms with Crippen LogP contribution in [0.4, 0.5) is 11.4 Å². The number of benzene rings is 1. The van der Waals surface area contributed by atoms with E-state index in [9.17, 15) is 26.4 Å². The molecule has 1 aliphatic carbocycles. The number of sulfonamides is 2. The molecule has 3 heterocycles. The van der Waals surface area contributed by atoms with Crippen molar-refractivity contribution in [3.63, 3.8) is 0 Å². The highest BCUT2D eigenvalue weighted by Gasteiger charge is 2.51. The van der Waals surface area contributed by atoms with E-state index in [-0.39, 0.29) is 48.1 Å². The zero-order chi connectivity index (χ0) is 29.6. The molecule has 0 spiro atoms. The molecule has 3 aromatic rings. The van der Waals surface area contributed by atoms with Gasteiger partial charge in [-0.2, -0.15) is 0 Å². The standard InChI is InChI=1S/C27H31N3O7S4/c1-26(2)13-21-14-27(3,16-26)17-30(21)22(31)15-37-25(32)18-10-19(28-40(33,34)23-6-4-8-38-23)12-20(11-18)29-41(35,36)24-7-5-9-39-24/h4-12,21,28-29H,13-17H2,1-3H3. The Bertz CT molecular complexity index is 1580. The average molecular weight is 638 g/mol. The van der Waals surface area contributed by atoms with Gasteiger partial charge in [0.25, 0.3) is 26.0 Å². The zero-order valence-electron chi connectivity index (χ0n) is 22.7. The van der Waals surface area contributed by atoms with Crippen LogP contribution in [0.3, 0.4) is 0 Å². The van der Waals surface area contributed by atoms with Crippen LogP contribution in [0.25, 0.3) is 0 Å². The number of ether oxygens (including phenoxy) is 1. The number of amides is 1. The molecule has 1 amide bonds. The molecule has 1 aromatic carbocycles. The molecule has 220 valence electrons. The molecule has 41 heavy (non-hydrogen) atoms. The summed E-state index contributed by atoms with van der Waals surface area (Å²) in [6.07, 6.45) is 2.80. The summed E-state index contributed by atoms with van der Waals surface area (Å²) < 4.78 is 61.6. The van der Waals surface area contributed by atoms with Crippen LogP contribution < -0.4 is 9.44 Å². The number of thiophene rings is 2. The molecule has 5 rings (SSSR count). The Morgan fingerprint density at radius 1 is 0.927 bits per heavy atom. The lowest BCUT2D eigenvalue weighted by molar-refractivity contribution is -0.135. The molecule has 2 fully saturated rings. The Morgan fingerprint density at radius 2 is 1.49 bits per heavy atom. The number of hydrogen-bond acceptors (Lipinski definition) is 9. The summed E-state index contributed by atoms with van der Waals surface area (Å²) >= 11 is 2.01. The molecule has 2 bridgehead atoms. The predicted octanol–water partition coefficient (Wildman–Crippen LogP) is 5.00. The highest BCUT2D eigenvalue weighted by Crippen LogP contribution is 2.52. The van der Waals surface area contributed by atoms with Gasteiger partial charge in [-0.25, -0.2) is 21.6 Å². The van der Waals surface area contributed by atoms with Gasteiger partial charge in [0.05, 0.1) is 16.9 Å². The number of likely N-dealkylation sites (tertiary alicyclic amines) is 1. The van der Waals surface area contributed by atoms with Crippen LogP contribution in [-0.2, 0) is 29.6 Å². The number of fused-ring (bicyclic) bond motifs is 2. The van der Waals surface area contributed by atoms with Crippen LogP contribution in [0.1, 0.15) is 50.4 Å². The zero-order valence-corrected chi connectivity index (χ0v) is 26.0. The van der Waals surface area contributed by atoms with Crippen LogP contribution in [0.5, 0.6) is 0 Å². The second-order valence-corrected chi connectivity index (χ2v) is 17.4. The normalized spacial score (nSPS) is 21.8. The van der Waals surface area contributed by atoms with Crippen LogP contribution in [0.2, 0.25) is 0 Å². The quantitative estimate of drug-likeness (QED) is 0.315. The fraction of sp³-hybridized carbons (Fsp3) is 0.407.